The maximum Gasteiger partial charge on any atom is 0.260 e. The summed E-state index contributed by atoms with van der Waals surface area (Å²) >= 11 is 6.26. The third-order valence-corrected chi connectivity index (χ3v) is 7.20. The summed E-state index contributed by atoms with van der Waals surface area (Å²) in [6, 6.07) is 9.18. The van der Waals surface area contributed by atoms with Crippen molar-refractivity contribution < 1.29 is 9.53 Å². The number of H-pyrrole nitrogens is 1. The summed E-state index contributed by atoms with van der Waals surface area (Å²) in [5.74, 6) is 0.430. The zero-order chi connectivity index (χ0) is 29.4. The number of nitrogens with one attached hydrogen (secondary N) is 3. The zero-order valence-corrected chi connectivity index (χ0v) is 24.3. The van der Waals surface area contributed by atoms with Gasteiger partial charge < -0.3 is 34.7 Å². The van der Waals surface area contributed by atoms with Gasteiger partial charge in [-0.15, -0.1) is 0 Å². The fourth-order valence-corrected chi connectivity index (χ4v) is 4.96. The summed E-state index contributed by atoms with van der Waals surface area (Å²) in [5, 5.41) is 8.73. The smallest absolute Gasteiger partial charge is 0.260 e. The number of benzene rings is 2. The second kappa shape index (κ2) is 11.1. The number of pyridine rings is 1. The maximum absolute atomic E-state index is 13.0. The molecule has 0 spiro atoms. The van der Waals surface area contributed by atoms with Crippen LogP contribution in [0.3, 0.4) is 0 Å². The highest BCUT2D eigenvalue weighted by Crippen LogP contribution is 2.38. The van der Waals surface area contributed by atoms with Crippen LogP contribution in [0, 0.1) is 0 Å². The van der Waals surface area contributed by atoms with Gasteiger partial charge in [-0.05, 0) is 38.4 Å². The van der Waals surface area contributed by atoms with Crippen molar-refractivity contribution in [3.63, 3.8) is 0 Å². The minimum Gasteiger partial charge on any atom is -0.494 e. The van der Waals surface area contributed by atoms with Crippen molar-refractivity contribution in [3.8, 4) is 5.75 Å². The molecule has 0 atom stereocenters. The molecule has 5 aromatic rings. The molecule has 11 nitrogen and oxygen atoms in total. The van der Waals surface area contributed by atoms with E-state index in [2.05, 4.69) is 32.1 Å². The van der Waals surface area contributed by atoms with E-state index >= 15 is 0 Å². The fourth-order valence-electron chi connectivity index (χ4n) is 4.80. The molecule has 0 saturated carbocycles. The Morgan fingerprint density at radius 2 is 1.95 bits per heavy atom. The highest BCUT2D eigenvalue weighted by molar-refractivity contribution is 6.32. The number of hydrogen-bond donors (Lipinski definition) is 3. The molecule has 41 heavy (non-hydrogen) atoms. The predicted molar refractivity (Wildman–Crippen MR) is 166 cm³/mol. The fraction of sp³-hybridized carbons (Fsp3) is 0.241. The van der Waals surface area contributed by atoms with Crippen molar-refractivity contribution in [2.75, 3.05) is 56.9 Å². The number of ether oxygens (including phenoxy) is 1. The number of aromatic amines is 1. The molecular weight excluding hydrogens is 544 g/mol. The normalized spacial score (nSPS) is 11.4. The number of carbonyl (C=O) groups is 1. The molecule has 0 bridgehead atoms. The number of anilines is 4. The number of nitrogens with zero attached hydrogens (tertiary/aromatic N) is 5. The van der Waals surface area contributed by atoms with Gasteiger partial charge in [0.05, 0.1) is 46.0 Å². The van der Waals surface area contributed by atoms with Crippen molar-refractivity contribution in [2.45, 2.75) is 0 Å². The highest BCUT2D eigenvalue weighted by atomic mass is 35.5. The number of halogens is 1. The Balaban J connectivity index is 1.64. The quantitative estimate of drug-likeness (QED) is 0.220. The lowest BCUT2D eigenvalue weighted by Gasteiger charge is -2.26. The maximum atomic E-state index is 13.0. The van der Waals surface area contributed by atoms with Crippen molar-refractivity contribution in [1.29, 1.82) is 0 Å². The second-order valence-corrected chi connectivity index (χ2v) is 10.4. The molecule has 0 saturated heterocycles. The topological polar surface area (TPSA) is 120 Å². The molecular formula is C29H31ClN8O3. The van der Waals surface area contributed by atoms with Crippen LogP contribution >= 0.6 is 11.6 Å². The van der Waals surface area contributed by atoms with Gasteiger partial charge in [-0.3, -0.25) is 9.59 Å². The molecule has 0 unspecified atom stereocenters. The van der Waals surface area contributed by atoms with E-state index in [4.69, 9.17) is 21.3 Å². The number of aryl methyl sites for hydroxylation is 1. The van der Waals surface area contributed by atoms with Gasteiger partial charge in [0.1, 0.15) is 11.4 Å². The number of hydrogen-bond acceptors (Lipinski definition) is 8. The Bertz CT molecular complexity index is 1880. The lowest BCUT2D eigenvalue weighted by molar-refractivity contribution is -0.111. The average molecular weight is 575 g/mol. The number of rotatable bonds is 9. The Kier molecular flexibility index (Phi) is 7.57. The molecule has 0 fully saturated rings. The molecule has 12 heteroatoms. The van der Waals surface area contributed by atoms with Crippen molar-refractivity contribution in [2.24, 2.45) is 7.05 Å². The number of fused-ring (bicyclic) bond motifs is 5. The van der Waals surface area contributed by atoms with E-state index in [-0.39, 0.29) is 17.4 Å². The summed E-state index contributed by atoms with van der Waals surface area (Å²) in [4.78, 5) is 41.5. The number of aromatic nitrogens is 4. The molecule has 0 radical (unpaired) electrons. The minimum atomic E-state index is -0.344. The van der Waals surface area contributed by atoms with Crippen LogP contribution in [0.5, 0.6) is 5.75 Å². The summed E-state index contributed by atoms with van der Waals surface area (Å²) < 4.78 is 7.60. The Morgan fingerprint density at radius 3 is 2.66 bits per heavy atom. The summed E-state index contributed by atoms with van der Waals surface area (Å²) in [6.45, 7) is 5.10. The molecule has 5 rings (SSSR count). The van der Waals surface area contributed by atoms with Crippen LogP contribution < -0.4 is 25.8 Å². The molecule has 1 amide bonds. The number of carbonyl (C=O) groups excluding carboxylic acids is 1. The van der Waals surface area contributed by atoms with Gasteiger partial charge in [-0.25, -0.2) is 9.97 Å². The third-order valence-electron chi connectivity index (χ3n) is 6.97. The second-order valence-electron chi connectivity index (χ2n) is 9.97. The van der Waals surface area contributed by atoms with E-state index < -0.39 is 0 Å². The molecule has 3 N–H and O–H groups in total. The lowest BCUT2D eigenvalue weighted by atomic mass is 10.1. The van der Waals surface area contributed by atoms with E-state index in [1.807, 2.05) is 61.9 Å². The monoisotopic (exact) mass is 574 g/mol. The van der Waals surface area contributed by atoms with Gasteiger partial charge in [0.2, 0.25) is 11.9 Å². The molecule has 0 aliphatic heterocycles. The first kappa shape index (κ1) is 27.9. The first-order chi connectivity index (χ1) is 19.6. The number of methoxy groups -OCH3 is 1. The van der Waals surface area contributed by atoms with Gasteiger partial charge in [-0.1, -0.05) is 24.2 Å². The zero-order valence-electron chi connectivity index (χ0n) is 23.5. The van der Waals surface area contributed by atoms with E-state index in [1.165, 1.54) is 12.3 Å². The minimum absolute atomic E-state index is 0.253. The van der Waals surface area contributed by atoms with Gasteiger partial charge >= 0.3 is 0 Å². The van der Waals surface area contributed by atoms with Gasteiger partial charge in [0.15, 0.2) is 0 Å². The summed E-state index contributed by atoms with van der Waals surface area (Å²) in [5.41, 5.74) is 3.54. The molecule has 0 aliphatic carbocycles. The third kappa shape index (κ3) is 5.29. The number of likely N-dealkylation sites (N-methyl/N-ethyl adjacent to an activating group) is 2. The van der Waals surface area contributed by atoms with Crippen LogP contribution in [0.2, 0.25) is 5.02 Å². The molecule has 3 aromatic heterocycles. The van der Waals surface area contributed by atoms with Crippen LogP contribution in [0.4, 0.5) is 23.0 Å². The lowest BCUT2D eigenvalue weighted by Crippen LogP contribution is -2.29. The van der Waals surface area contributed by atoms with Crippen LogP contribution in [0.15, 0.2) is 54.0 Å². The summed E-state index contributed by atoms with van der Waals surface area (Å²) in [7, 11) is 9.38. The summed E-state index contributed by atoms with van der Waals surface area (Å²) in [6.07, 6.45) is 2.71. The molecule has 212 valence electrons. The van der Waals surface area contributed by atoms with Crippen molar-refractivity contribution in [1.82, 2.24) is 24.4 Å². The van der Waals surface area contributed by atoms with Crippen LogP contribution in [-0.4, -0.2) is 71.7 Å². The van der Waals surface area contributed by atoms with Crippen LogP contribution in [0.25, 0.3) is 32.8 Å². The highest BCUT2D eigenvalue weighted by Gasteiger charge is 2.19. The van der Waals surface area contributed by atoms with E-state index in [0.717, 1.165) is 28.5 Å². The first-order valence-corrected chi connectivity index (χ1v) is 13.2. The first-order valence-electron chi connectivity index (χ1n) is 12.9. The Labute approximate surface area is 241 Å². The van der Waals surface area contributed by atoms with Crippen LogP contribution in [-0.2, 0) is 11.8 Å². The largest absolute Gasteiger partial charge is 0.494 e. The van der Waals surface area contributed by atoms with Gasteiger partial charge in [-0.2, -0.15) is 0 Å². The SMILES string of the molecule is C=CC(=O)Nc1cc(Nc2ncc3c(=O)[nH]c4c(c5ccc(Cl)cc5n4C)c3n2)c(OC)cc1N(C)CCN(C)C. The van der Waals surface area contributed by atoms with E-state index in [9.17, 15) is 9.59 Å². The Hall–Kier alpha value is -4.61. The predicted octanol–water partition coefficient (Wildman–Crippen LogP) is 4.49. The Morgan fingerprint density at radius 1 is 1.17 bits per heavy atom. The average Bonchev–Trinajstić information content (AvgIpc) is 3.22. The van der Waals surface area contributed by atoms with E-state index in [1.54, 1.807) is 13.2 Å². The molecule has 3 heterocycles. The van der Waals surface area contributed by atoms with Crippen molar-refractivity contribution in [3.05, 3.63) is 64.6 Å². The van der Waals surface area contributed by atoms with Crippen molar-refractivity contribution >= 4 is 73.4 Å². The number of amides is 1. The molecule has 0 aliphatic rings. The molecule has 2 aromatic carbocycles. The van der Waals surface area contributed by atoms with E-state index in [0.29, 0.717) is 45.2 Å². The standard InChI is InChI=1S/C29H31ClN8O3/c1-7-24(39)32-19-13-20(23(41-6)14-22(19)37(4)11-10-36(2)3)33-29-31-15-18-26(34-29)25-17-9-8-16(30)12-21(17)38(5)27(25)35-28(18)40/h7-9,12-15H,1,10-11H2,2-6H3,(H,32,39)(H,35,40)(H,31,33,34). The van der Waals surface area contributed by atoms with Gasteiger partial charge in [0.25, 0.3) is 5.56 Å². The van der Waals surface area contributed by atoms with Gasteiger partial charge in [0, 0.05) is 49.9 Å². The van der Waals surface area contributed by atoms with Crippen LogP contribution in [0.1, 0.15) is 0 Å².